The van der Waals surface area contributed by atoms with Gasteiger partial charge < -0.3 is 10.7 Å². The zero-order chi connectivity index (χ0) is 14.5. The van der Waals surface area contributed by atoms with E-state index in [-0.39, 0.29) is 11.3 Å². The van der Waals surface area contributed by atoms with Crippen LogP contribution < -0.4 is 16.6 Å². The quantitative estimate of drug-likeness (QED) is 0.433. The second kappa shape index (κ2) is 6.08. The molecule has 20 heavy (non-hydrogen) atoms. The number of hydrazine groups is 1. The van der Waals surface area contributed by atoms with Gasteiger partial charge in [-0.1, -0.05) is 0 Å². The van der Waals surface area contributed by atoms with Crippen molar-refractivity contribution in [2.45, 2.75) is 6.54 Å². The fraction of sp³-hybridized carbons (Fsp3) is 0.0909. The van der Waals surface area contributed by atoms with Crippen molar-refractivity contribution in [3.8, 4) is 0 Å². The van der Waals surface area contributed by atoms with Gasteiger partial charge in [-0.05, 0) is 6.07 Å². The number of non-ortho nitro benzene ring substituents is 1. The molecule has 0 fully saturated rings. The molecule has 0 aliphatic carbocycles. The first kappa shape index (κ1) is 13.9. The van der Waals surface area contributed by atoms with Crippen LogP contribution in [0.5, 0.6) is 0 Å². The molecule has 9 heteroatoms. The van der Waals surface area contributed by atoms with Gasteiger partial charge in [-0.25, -0.2) is 0 Å². The van der Waals surface area contributed by atoms with Crippen molar-refractivity contribution in [2.75, 3.05) is 5.43 Å². The maximum atomic E-state index is 12.0. The Bertz CT molecular complexity index is 629. The molecule has 4 N–H and O–H groups in total. The second-order valence-corrected chi connectivity index (χ2v) is 4.75. The molecule has 0 aliphatic heterocycles. The highest BCUT2D eigenvalue weighted by Crippen LogP contribution is 2.21. The number of nitro benzene ring substituents is 1. The Labute approximate surface area is 117 Å². The molecule has 0 unspecified atom stereocenters. The van der Waals surface area contributed by atoms with Crippen molar-refractivity contribution in [2.24, 2.45) is 5.84 Å². The van der Waals surface area contributed by atoms with Gasteiger partial charge in [0, 0.05) is 23.2 Å². The predicted octanol–water partition coefficient (Wildman–Crippen LogP) is 1.27. The first-order valence-electron chi connectivity index (χ1n) is 5.52. The van der Waals surface area contributed by atoms with Crippen LogP contribution in [0.4, 0.5) is 11.4 Å². The van der Waals surface area contributed by atoms with Gasteiger partial charge in [0.05, 0.1) is 28.2 Å². The Morgan fingerprint density at radius 2 is 2.30 bits per heavy atom. The summed E-state index contributed by atoms with van der Waals surface area (Å²) in [7, 11) is 0. The molecule has 0 atom stereocenters. The molecule has 8 nitrogen and oxygen atoms in total. The zero-order valence-corrected chi connectivity index (χ0v) is 11.0. The topological polar surface area (TPSA) is 123 Å². The molecule has 1 heterocycles. The highest BCUT2D eigenvalue weighted by molar-refractivity contribution is 7.09. The van der Waals surface area contributed by atoms with Gasteiger partial charge in [-0.2, -0.15) is 0 Å². The lowest BCUT2D eigenvalue weighted by molar-refractivity contribution is -0.384. The number of hydrogen-bond donors (Lipinski definition) is 3. The van der Waals surface area contributed by atoms with Crippen LogP contribution in [0.15, 0.2) is 29.9 Å². The van der Waals surface area contributed by atoms with E-state index >= 15 is 0 Å². The van der Waals surface area contributed by atoms with Gasteiger partial charge in [-0.3, -0.25) is 25.7 Å². The van der Waals surface area contributed by atoms with Crippen molar-refractivity contribution in [1.82, 2.24) is 10.3 Å². The number of carbonyl (C=O) groups excluding carboxylic acids is 1. The Hall–Kier alpha value is -2.52. The molecule has 2 aromatic rings. The SMILES string of the molecule is NNc1ccc([N+](=O)[O-])cc1C(=O)NCc1cncs1. The van der Waals surface area contributed by atoms with Gasteiger partial charge >= 0.3 is 0 Å². The van der Waals surface area contributed by atoms with Gasteiger partial charge in [0.25, 0.3) is 11.6 Å². The molecular formula is C11H11N5O3S. The summed E-state index contributed by atoms with van der Waals surface area (Å²) in [5.41, 5.74) is 4.26. The van der Waals surface area contributed by atoms with Crippen LogP contribution >= 0.6 is 11.3 Å². The maximum Gasteiger partial charge on any atom is 0.270 e. The second-order valence-electron chi connectivity index (χ2n) is 3.78. The monoisotopic (exact) mass is 293 g/mol. The van der Waals surface area contributed by atoms with Crippen LogP contribution in [0.25, 0.3) is 0 Å². The molecule has 0 radical (unpaired) electrons. The fourth-order valence-corrected chi connectivity index (χ4v) is 2.09. The van der Waals surface area contributed by atoms with Crippen LogP contribution in [-0.4, -0.2) is 15.8 Å². The number of amides is 1. The van der Waals surface area contributed by atoms with Crippen molar-refractivity contribution < 1.29 is 9.72 Å². The molecule has 1 aromatic carbocycles. The Kier molecular flexibility index (Phi) is 4.23. The van der Waals surface area contributed by atoms with E-state index in [1.807, 2.05) is 0 Å². The largest absolute Gasteiger partial charge is 0.347 e. The minimum absolute atomic E-state index is 0.117. The lowest BCUT2D eigenvalue weighted by Crippen LogP contribution is -2.24. The van der Waals surface area contributed by atoms with E-state index in [4.69, 9.17) is 5.84 Å². The number of aromatic nitrogens is 1. The summed E-state index contributed by atoms with van der Waals surface area (Å²) in [5.74, 6) is 4.85. The van der Waals surface area contributed by atoms with E-state index in [0.29, 0.717) is 12.2 Å². The molecule has 0 bridgehead atoms. The zero-order valence-electron chi connectivity index (χ0n) is 10.2. The smallest absolute Gasteiger partial charge is 0.270 e. The number of nitrogens with two attached hydrogens (primary N) is 1. The van der Waals surface area contributed by atoms with Crippen LogP contribution in [-0.2, 0) is 6.54 Å². The van der Waals surface area contributed by atoms with Crippen molar-refractivity contribution in [3.05, 3.63) is 50.5 Å². The number of nitro groups is 1. The summed E-state index contributed by atoms with van der Waals surface area (Å²) < 4.78 is 0. The Morgan fingerprint density at radius 3 is 2.90 bits per heavy atom. The van der Waals surface area contributed by atoms with Gasteiger partial charge in [0.2, 0.25) is 0 Å². The van der Waals surface area contributed by atoms with Gasteiger partial charge in [0.1, 0.15) is 0 Å². The Balaban J connectivity index is 2.18. The van der Waals surface area contributed by atoms with E-state index in [0.717, 1.165) is 4.88 Å². The fourth-order valence-electron chi connectivity index (χ4n) is 1.55. The standard InChI is InChI=1S/C11H11N5O3S/c12-15-10-2-1-7(16(18)19)3-9(10)11(17)14-5-8-4-13-6-20-8/h1-4,6,15H,5,12H2,(H,14,17). The molecule has 1 aromatic heterocycles. The predicted molar refractivity (Wildman–Crippen MR) is 74.2 cm³/mol. The summed E-state index contributed by atoms with van der Waals surface area (Å²) in [4.78, 5) is 27.0. The van der Waals surface area contributed by atoms with Crippen LogP contribution in [0, 0.1) is 10.1 Å². The number of nitrogens with zero attached hydrogens (tertiary/aromatic N) is 2. The van der Waals surface area contributed by atoms with Gasteiger partial charge in [-0.15, -0.1) is 11.3 Å². The van der Waals surface area contributed by atoms with Crippen LogP contribution in [0.3, 0.4) is 0 Å². The molecule has 0 spiro atoms. The summed E-state index contributed by atoms with van der Waals surface area (Å²) in [6.45, 7) is 0.302. The van der Waals surface area contributed by atoms with Crippen molar-refractivity contribution in [3.63, 3.8) is 0 Å². The first-order chi connectivity index (χ1) is 9.61. The molecule has 0 saturated carbocycles. The van der Waals surface area contributed by atoms with Crippen LogP contribution in [0.1, 0.15) is 15.2 Å². The third-order valence-corrected chi connectivity index (χ3v) is 3.30. The van der Waals surface area contributed by atoms with E-state index in [1.165, 1.54) is 29.5 Å². The van der Waals surface area contributed by atoms with E-state index < -0.39 is 10.8 Å². The lowest BCUT2D eigenvalue weighted by atomic mass is 10.1. The maximum absolute atomic E-state index is 12.0. The number of carbonyl (C=O) groups is 1. The summed E-state index contributed by atoms with van der Waals surface area (Å²) >= 11 is 1.40. The average Bonchev–Trinajstić information content (AvgIpc) is 2.97. The van der Waals surface area contributed by atoms with E-state index in [2.05, 4.69) is 15.7 Å². The third kappa shape index (κ3) is 3.08. The minimum atomic E-state index is -0.569. The number of anilines is 1. The lowest BCUT2D eigenvalue weighted by Gasteiger charge is -2.08. The average molecular weight is 293 g/mol. The summed E-state index contributed by atoms with van der Waals surface area (Å²) in [6, 6.07) is 3.84. The highest BCUT2D eigenvalue weighted by Gasteiger charge is 2.16. The number of benzene rings is 1. The first-order valence-corrected chi connectivity index (χ1v) is 6.40. The van der Waals surface area contributed by atoms with E-state index in [1.54, 1.807) is 11.7 Å². The third-order valence-electron chi connectivity index (χ3n) is 2.52. The molecule has 1 amide bonds. The molecule has 2 rings (SSSR count). The normalized spacial score (nSPS) is 10.1. The molecule has 0 saturated heterocycles. The summed E-state index contributed by atoms with van der Waals surface area (Å²) in [5, 5.41) is 13.4. The van der Waals surface area contributed by atoms with Crippen molar-refractivity contribution in [1.29, 1.82) is 0 Å². The van der Waals surface area contributed by atoms with Gasteiger partial charge in [0.15, 0.2) is 0 Å². The number of nitrogen functional groups attached to an aromatic ring is 1. The molecular weight excluding hydrogens is 282 g/mol. The minimum Gasteiger partial charge on any atom is -0.347 e. The number of hydrogen-bond acceptors (Lipinski definition) is 7. The van der Waals surface area contributed by atoms with Crippen LogP contribution in [0.2, 0.25) is 0 Å². The van der Waals surface area contributed by atoms with E-state index in [9.17, 15) is 14.9 Å². The van der Waals surface area contributed by atoms with Crippen molar-refractivity contribution >= 4 is 28.6 Å². The number of rotatable bonds is 5. The number of nitrogens with one attached hydrogen (secondary N) is 2. The summed E-state index contributed by atoms with van der Waals surface area (Å²) in [6.07, 6.45) is 1.64. The molecule has 104 valence electrons. The number of thiazole rings is 1. The molecule has 0 aliphatic rings. The highest BCUT2D eigenvalue weighted by atomic mass is 32.1. The Morgan fingerprint density at radius 1 is 1.50 bits per heavy atom.